The zero-order chi connectivity index (χ0) is 24.7. The number of hydrogen-bond acceptors (Lipinski definition) is 8. The summed E-state index contributed by atoms with van der Waals surface area (Å²) in [5.74, 6) is 1.84. The molecule has 1 aliphatic heterocycles. The van der Waals surface area contributed by atoms with Gasteiger partial charge in [-0.1, -0.05) is 24.3 Å². The summed E-state index contributed by atoms with van der Waals surface area (Å²) in [6, 6.07) is 18.4. The molecule has 36 heavy (non-hydrogen) atoms. The summed E-state index contributed by atoms with van der Waals surface area (Å²) in [5, 5.41) is 21.1. The Bertz CT molecular complexity index is 1390. The second kappa shape index (κ2) is 11.0. The number of fused-ring (bicyclic) bond motifs is 1. The van der Waals surface area contributed by atoms with E-state index in [2.05, 4.69) is 38.1 Å². The van der Waals surface area contributed by atoms with Crippen molar-refractivity contribution >= 4 is 22.4 Å². The minimum Gasteiger partial charge on any atom is -0.437 e. The summed E-state index contributed by atoms with van der Waals surface area (Å²) >= 11 is 0. The molecule has 4 aromatic rings. The number of benzene rings is 2. The van der Waals surface area contributed by atoms with Gasteiger partial charge in [-0.05, 0) is 56.1 Å². The van der Waals surface area contributed by atoms with Crippen LogP contribution in [-0.2, 0) is 0 Å². The second-order valence-electron chi connectivity index (χ2n) is 8.86. The third-order valence-corrected chi connectivity index (χ3v) is 6.29. The normalized spacial score (nSPS) is 15.3. The predicted molar refractivity (Wildman–Crippen MR) is 142 cm³/mol. The first-order valence-electron chi connectivity index (χ1n) is 12.3. The Kier molecular flexibility index (Phi) is 7.20. The molecule has 0 spiro atoms. The van der Waals surface area contributed by atoms with E-state index in [9.17, 15) is 0 Å². The van der Waals surface area contributed by atoms with Crippen LogP contribution in [-0.4, -0.2) is 40.6 Å². The van der Waals surface area contributed by atoms with Crippen molar-refractivity contribution in [1.82, 2.24) is 20.3 Å². The molecule has 0 unspecified atom stereocenters. The number of nitrogens with one attached hydrogen (secondary N) is 3. The van der Waals surface area contributed by atoms with Crippen LogP contribution in [0.2, 0.25) is 0 Å². The van der Waals surface area contributed by atoms with Crippen LogP contribution in [0.4, 0.5) is 11.6 Å². The quantitative estimate of drug-likeness (QED) is 0.293. The summed E-state index contributed by atoms with van der Waals surface area (Å²) in [4.78, 5) is 13.8. The summed E-state index contributed by atoms with van der Waals surface area (Å²) in [7, 11) is 0. The Labute approximate surface area is 210 Å². The van der Waals surface area contributed by atoms with Crippen LogP contribution in [0, 0.1) is 18.3 Å². The molecule has 2 aromatic heterocycles. The summed E-state index contributed by atoms with van der Waals surface area (Å²) in [5.41, 5.74) is 3.52. The van der Waals surface area contributed by atoms with Gasteiger partial charge in [-0.2, -0.15) is 5.26 Å². The van der Waals surface area contributed by atoms with Crippen molar-refractivity contribution in [2.75, 3.05) is 30.3 Å². The van der Waals surface area contributed by atoms with Crippen LogP contribution in [0.15, 0.2) is 60.9 Å². The number of pyridine rings is 1. The fraction of sp³-hybridized carbons (Fsp3) is 0.286. The molecule has 0 saturated carbocycles. The van der Waals surface area contributed by atoms with E-state index in [4.69, 9.17) is 15.0 Å². The summed E-state index contributed by atoms with van der Waals surface area (Å²) < 4.78 is 6.50. The van der Waals surface area contributed by atoms with E-state index in [1.165, 1.54) is 0 Å². The Morgan fingerprint density at radius 3 is 2.89 bits per heavy atom. The molecule has 8 heteroatoms. The monoisotopic (exact) mass is 479 g/mol. The first-order chi connectivity index (χ1) is 17.7. The fourth-order valence-electron chi connectivity index (χ4n) is 4.48. The number of nitriles is 1. The van der Waals surface area contributed by atoms with E-state index in [-0.39, 0.29) is 0 Å². The van der Waals surface area contributed by atoms with Gasteiger partial charge in [-0.15, -0.1) is 0 Å². The number of anilines is 2. The van der Waals surface area contributed by atoms with Crippen LogP contribution >= 0.6 is 0 Å². The first-order valence-corrected chi connectivity index (χ1v) is 12.3. The SMILES string of the molecule is Cc1ccc2c(NCCC#N)cccc2c1Oc1ncccc1-c1ccnc(N[C@H]2CCCNC2)n1. The van der Waals surface area contributed by atoms with Crippen LogP contribution in [0.3, 0.4) is 0 Å². The number of aromatic nitrogens is 3. The summed E-state index contributed by atoms with van der Waals surface area (Å²) in [6.45, 7) is 4.58. The topological polar surface area (TPSA) is 108 Å². The maximum atomic E-state index is 8.89. The van der Waals surface area contributed by atoms with Gasteiger partial charge in [0.05, 0.1) is 23.7 Å². The molecule has 8 nitrogen and oxygen atoms in total. The van der Waals surface area contributed by atoms with Crippen LogP contribution in [0.1, 0.15) is 24.8 Å². The Hall–Kier alpha value is -4.22. The van der Waals surface area contributed by atoms with Crippen molar-refractivity contribution in [2.24, 2.45) is 0 Å². The van der Waals surface area contributed by atoms with Gasteiger partial charge in [0.1, 0.15) is 5.75 Å². The lowest BCUT2D eigenvalue weighted by molar-refractivity contribution is 0.466. The van der Waals surface area contributed by atoms with Crippen molar-refractivity contribution in [3.8, 4) is 29.0 Å². The molecule has 0 radical (unpaired) electrons. The molecular formula is C28H29N7O. The highest BCUT2D eigenvalue weighted by molar-refractivity contribution is 5.98. The van der Waals surface area contributed by atoms with E-state index in [1.807, 2.05) is 49.4 Å². The molecule has 2 aromatic carbocycles. The highest BCUT2D eigenvalue weighted by atomic mass is 16.5. The summed E-state index contributed by atoms with van der Waals surface area (Å²) in [6.07, 6.45) is 6.16. The highest BCUT2D eigenvalue weighted by Gasteiger charge is 2.17. The van der Waals surface area contributed by atoms with E-state index in [0.717, 1.165) is 65.0 Å². The number of ether oxygens (including phenoxy) is 1. The molecule has 5 rings (SSSR count). The van der Waals surface area contributed by atoms with E-state index in [0.29, 0.717) is 30.8 Å². The minimum absolute atomic E-state index is 0.313. The molecule has 1 saturated heterocycles. The fourth-order valence-corrected chi connectivity index (χ4v) is 4.48. The first kappa shape index (κ1) is 23.5. The smallest absolute Gasteiger partial charge is 0.228 e. The Balaban J connectivity index is 1.46. The molecule has 1 atom stereocenters. The molecule has 1 aliphatic rings. The van der Waals surface area contributed by atoms with Gasteiger partial charge in [0, 0.05) is 48.0 Å². The molecule has 0 amide bonds. The second-order valence-corrected chi connectivity index (χ2v) is 8.86. The average Bonchev–Trinajstić information content (AvgIpc) is 2.91. The standard InChI is InChI=1S/C28H29N7O/c1-19-10-11-21-22(7-2-9-24(21)31-16-5-13-29)26(19)36-27-23(8-4-15-32-27)25-12-17-33-28(35-25)34-20-6-3-14-30-18-20/h2,4,7-12,15,17,20,30-31H,3,5-6,14,16,18H2,1H3,(H,33,34,35)/t20-/m0/s1. The van der Waals surface area contributed by atoms with Gasteiger partial charge in [0.25, 0.3) is 0 Å². The molecule has 0 bridgehead atoms. The van der Waals surface area contributed by atoms with Gasteiger partial charge < -0.3 is 20.7 Å². The largest absolute Gasteiger partial charge is 0.437 e. The molecular weight excluding hydrogens is 450 g/mol. The number of aryl methyl sites for hydroxylation is 1. The molecule has 0 aliphatic carbocycles. The van der Waals surface area contributed by atoms with Gasteiger partial charge in [0.15, 0.2) is 0 Å². The highest BCUT2D eigenvalue weighted by Crippen LogP contribution is 2.38. The van der Waals surface area contributed by atoms with E-state index in [1.54, 1.807) is 12.4 Å². The van der Waals surface area contributed by atoms with Crippen molar-refractivity contribution in [3.63, 3.8) is 0 Å². The number of nitrogens with zero attached hydrogens (tertiary/aromatic N) is 4. The molecule has 182 valence electrons. The molecule has 3 N–H and O–H groups in total. The van der Waals surface area contributed by atoms with Crippen molar-refractivity contribution in [1.29, 1.82) is 5.26 Å². The minimum atomic E-state index is 0.313. The maximum Gasteiger partial charge on any atom is 0.228 e. The van der Waals surface area contributed by atoms with E-state index >= 15 is 0 Å². The van der Waals surface area contributed by atoms with E-state index < -0.39 is 0 Å². The van der Waals surface area contributed by atoms with Gasteiger partial charge >= 0.3 is 0 Å². The predicted octanol–water partition coefficient (Wildman–Crippen LogP) is 5.28. The number of piperidine rings is 1. The number of hydrogen-bond donors (Lipinski definition) is 3. The zero-order valence-corrected chi connectivity index (χ0v) is 20.3. The van der Waals surface area contributed by atoms with Gasteiger partial charge in [-0.25, -0.2) is 15.0 Å². The Morgan fingerprint density at radius 2 is 2.03 bits per heavy atom. The van der Waals surface area contributed by atoms with Gasteiger partial charge in [-0.3, -0.25) is 0 Å². The van der Waals surface area contributed by atoms with Crippen LogP contribution in [0.5, 0.6) is 11.6 Å². The van der Waals surface area contributed by atoms with Crippen LogP contribution in [0.25, 0.3) is 22.0 Å². The number of rotatable bonds is 8. The van der Waals surface area contributed by atoms with Gasteiger partial charge in [0.2, 0.25) is 11.8 Å². The third-order valence-electron chi connectivity index (χ3n) is 6.29. The lowest BCUT2D eigenvalue weighted by Crippen LogP contribution is -2.38. The third kappa shape index (κ3) is 5.21. The lowest BCUT2D eigenvalue weighted by atomic mass is 10.0. The average molecular weight is 480 g/mol. The van der Waals surface area contributed by atoms with Crippen molar-refractivity contribution < 1.29 is 4.74 Å². The van der Waals surface area contributed by atoms with Crippen LogP contribution < -0.4 is 20.7 Å². The maximum absolute atomic E-state index is 8.89. The lowest BCUT2D eigenvalue weighted by Gasteiger charge is -2.23. The molecule has 1 fully saturated rings. The zero-order valence-electron chi connectivity index (χ0n) is 20.3. The Morgan fingerprint density at radius 1 is 1.08 bits per heavy atom. The van der Waals surface area contributed by atoms with Crippen molar-refractivity contribution in [2.45, 2.75) is 32.2 Å². The molecule has 3 heterocycles. The van der Waals surface area contributed by atoms with Crippen molar-refractivity contribution in [3.05, 3.63) is 66.5 Å².